The highest BCUT2D eigenvalue weighted by atomic mass is 35.5. The van der Waals surface area contributed by atoms with Gasteiger partial charge in [-0.15, -0.1) is 11.6 Å². The predicted molar refractivity (Wildman–Crippen MR) is 71.5 cm³/mol. The Bertz CT molecular complexity index is 465. The molecule has 0 saturated heterocycles. The Kier molecular flexibility index (Phi) is 4.05. The largest absolute Gasteiger partial charge is 0.489 e. The van der Waals surface area contributed by atoms with Crippen LogP contribution in [-0.4, -0.2) is 0 Å². The van der Waals surface area contributed by atoms with E-state index in [-0.39, 0.29) is 5.38 Å². The number of hydrogen-bond donors (Lipinski definition) is 0. The average molecular weight is 247 g/mol. The Morgan fingerprint density at radius 2 is 1.65 bits per heavy atom. The lowest BCUT2D eigenvalue weighted by Crippen LogP contribution is -1.98. The molecule has 0 spiro atoms. The van der Waals surface area contributed by atoms with E-state index in [1.54, 1.807) is 0 Å². The van der Waals surface area contributed by atoms with E-state index in [4.69, 9.17) is 16.3 Å². The van der Waals surface area contributed by atoms with Gasteiger partial charge in [0, 0.05) is 5.56 Å². The number of benzene rings is 2. The normalized spacial score (nSPS) is 12.1. The van der Waals surface area contributed by atoms with E-state index in [0.29, 0.717) is 6.61 Å². The van der Waals surface area contributed by atoms with Crippen LogP contribution in [-0.2, 0) is 6.61 Å². The van der Waals surface area contributed by atoms with Crippen molar-refractivity contribution in [2.45, 2.75) is 18.9 Å². The molecular weight excluding hydrogens is 232 g/mol. The van der Waals surface area contributed by atoms with Crippen LogP contribution in [0.2, 0.25) is 0 Å². The summed E-state index contributed by atoms with van der Waals surface area (Å²) in [5.74, 6) is 0.860. The molecule has 2 aromatic carbocycles. The van der Waals surface area contributed by atoms with Crippen molar-refractivity contribution in [1.82, 2.24) is 0 Å². The Morgan fingerprint density at radius 1 is 1.00 bits per heavy atom. The molecule has 1 nitrogen and oxygen atoms in total. The van der Waals surface area contributed by atoms with Gasteiger partial charge < -0.3 is 4.74 Å². The van der Waals surface area contributed by atoms with Crippen LogP contribution in [0.1, 0.15) is 23.4 Å². The number of rotatable bonds is 4. The predicted octanol–water partition coefficient (Wildman–Crippen LogP) is 4.57. The van der Waals surface area contributed by atoms with Gasteiger partial charge in [0.15, 0.2) is 0 Å². The van der Waals surface area contributed by atoms with Gasteiger partial charge in [0.05, 0.1) is 5.38 Å². The first kappa shape index (κ1) is 12.0. The Morgan fingerprint density at radius 3 is 2.35 bits per heavy atom. The summed E-state index contributed by atoms with van der Waals surface area (Å²) in [5, 5.41) is -0.0398. The van der Waals surface area contributed by atoms with Crippen LogP contribution in [0.5, 0.6) is 5.75 Å². The molecule has 0 bridgehead atoms. The fraction of sp³-hybridized carbons (Fsp3) is 0.200. The molecule has 0 aromatic heterocycles. The molecule has 0 radical (unpaired) electrons. The summed E-state index contributed by atoms with van der Waals surface area (Å²) in [6, 6.07) is 18.0. The molecule has 0 heterocycles. The fourth-order valence-electron chi connectivity index (χ4n) is 1.68. The third-order valence-electron chi connectivity index (χ3n) is 2.58. The highest BCUT2D eigenvalue weighted by molar-refractivity contribution is 6.20. The molecule has 2 aromatic rings. The number of ether oxygens (including phenoxy) is 1. The SMILES string of the molecule is C[C@@H](Cl)c1ccccc1OCc1ccccc1. The monoisotopic (exact) mass is 246 g/mol. The van der Waals surface area contributed by atoms with Gasteiger partial charge in [-0.3, -0.25) is 0 Å². The van der Waals surface area contributed by atoms with Crippen molar-refractivity contribution in [3.63, 3.8) is 0 Å². The Labute approximate surface area is 107 Å². The van der Waals surface area contributed by atoms with Gasteiger partial charge in [0.25, 0.3) is 0 Å². The van der Waals surface area contributed by atoms with E-state index in [9.17, 15) is 0 Å². The smallest absolute Gasteiger partial charge is 0.124 e. The maximum atomic E-state index is 6.11. The van der Waals surface area contributed by atoms with Gasteiger partial charge in [-0.25, -0.2) is 0 Å². The first-order valence-electron chi connectivity index (χ1n) is 5.67. The third-order valence-corrected chi connectivity index (χ3v) is 2.82. The fourth-order valence-corrected chi connectivity index (χ4v) is 1.86. The average Bonchev–Trinajstić information content (AvgIpc) is 2.38. The summed E-state index contributed by atoms with van der Waals surface area (Å²) in [6.07, 6.45) is 0. The van der Waals surface area contributed by atoms with E-state index in [1.807, 2.05) is 61.5 Å². The van der Waals surface area contributed by atoms with Crippen LogP contribution in [0.4, 0.5) is 0 Å². The van der Waals surface area contributed by atoms with E-state index in [0.717, 1.165) is 16.9 Å². The van der Waals surface area contributed by atoms with Gasteiger partial charge in [0.2, 0.25) is 0 Å². The second-order valence-corrected chi connectivity index (χ2v) is 4.58. The third kappa shape index (κ3) is 3.24. The van der Waals surface area contributed by atoms with Crippen LogP contribution in [0, 0.1) is 0 Å². The van der Waals surface area contributed by atoms with E-state index in [2.05, 4.69) is 0 Å². The van der Waals surface area contributed by atoms with Crippen molar-refractivity contribution in [2.24, 2.45) is 0 Å². The molecule has 0 aliphatic rings. The first-order chi connectivity index (χ1) is 8.27. The molecule has 0 saturated carbocycles. The standard InChI is InChI=1S/C15H15ClO/c1-12(16)14-9-5-6-10-15(14)17-11-13-7-3-2-4-8-13/h2-10,12H,11H2,1H3/t12-/m1/s1. The molecule has 88 valence electrons. The molecule has 0 fully saturated rings. The van der Waals surface area contributed by atoms with Crippen LogP contribution in [0.3, 0.4) is 0 Å². The molecule has 1 atom stereocenters. The van der Waals surface area contributed by atoms with Crippen LogP contribution >= 0.6 is 11.6 Å². The summed E-state index contributed by atoms with van der Waals surface area (Å²) in [4.78, 5) is 0. The van der Waals surface area contributed by atoms with E-state index >= 15 is 0 Å². The van der Waals surface area contributed by atoms with Crippen molar-refractivity contribution < 1.29 is 4.74 Å². The Hall–Kier alpha value is -1.47. The van der Waals surface area contributed by atoms with Crippen molar-refractivity contribution in [3.05, 3.63) is 65.7 Å². The summed E-state index contributed by atoms with van der Waals surface area (Å²) < 4.78 is 5.80. The number of hydrogen-bond acceptors (Lipinski definition) is 1. The van der Waals surface area contributed by atoms with Gasteiger partial charge in [-0.1, -0.05) is 48.5 Å². The van der Waals surface area contributed by atoms with E-state index in [1.165, 1.54) is 0 Å². The highest BCUT2D eigenvalue weighted by Gasteiger charge is 2.08. The number of alkyl halides is 1. The lowest BCUT2D eigenvalue weighted by Gasteiger charge is -2.12. The molecule has 17 heavy (non-hydrogen) atoms. The Balaban J connectivity index is 2.09. The van der Waals surface area contributed by atoms with Crippen LogP contribution in [0.25, 0.3) is 0 Å². The maximum absolute atomic E-state index is 6.11. The summed E-state index contributed by atoms with van der Waals surface area (Å²) in [7, 11) is 0. The van der Waals surface area contributed by atoms with Crippen molar-refractivity contribution in [1.29, 1.82) is 0 Å². The molecule has 2 heteroatoms. The maximum Gasteiger partial charge on any atom is 0.124 e. The number of para-hydroxylation sites is 1. The van der Waals surface area contributed by atoms with Gasteiger partial charge in [0.1, 0.15) is 12.4 Å². The lowest BCUT2D eigenvalue weighted by atomic mass is 10.1. The molecule has 0 unspecified atom stereocenters. The second-order valence-electron chi connectivity index (χ2n) is 3.93. The quantitative estimate of drug-likeness (QED) is 0.719. The summed E-state index contributed by atoms with van der Waals surface area (Å²) in [6.45, 7) is 2.52. The van der Waals surface area contributed by atoms with Gasteiger partial charge >= 0.3 is 0 Å². The minimum atomic E-state index is -0.0398. The van der Waals surface area contributed by atoms with Crippen molar-refractivity contribution in [2.75, 3.05) is 0 Å². The molecule has 0 aliphatic heterocycles. The highest BCUT2D eigenvalue weighted by Crippen LogP contribution is 2.29. The minimum absolute atomic E-state index is 0.0398. The molecule has 0 amide bonds. The molecule has 0 N–H and O–H groups in total. The first-order valence-corrected chi connectivity index (χ1v) is 6.11. The summed E-state index contributed by atoms with van der Waals surface area (Å²) >= 11 is 6.11. The number of halogens is 1. The van der Waals surface area contributed by atoms with Gasteiger partial charge in [-0.05, 0) is 18.6 Å². The lowest BCUT2D eigenvalue weighted by molar-refractivity contribution is 0.303. The zero-order valence-corrected chi connectivity index (χ0v) is 10.5. The van der Waals surface area contributed by atoms with Crippen LogP contribution in [0.15, 0.2) is 54.6 Å². The van der Waals surface area contributed by atoms with E-state index < -0.39 is 0 Å². The summed E-state index contributed by atoms with van der Waals surface area (Å²) in [5.41, 5.74) is 2.19. The van der Waals surface area contributed by atoms with Crippen LogP contribution < -0.4 is 4.74 Å². The molecule has 0 aliphatic carbocycles. The minimum Gasteiger partial charge on any atom is -0.489 e. The van der Waals surface area contributed by atoms with Gasteiger partial charge in [-0.2, -0.15) is 0 Å². The topological polar surface area (TPSA) is 9.23 Å². The zero-order valence-electron chi connectivity index (χ0n) is 9.77. The zero-order chi connectivity index (χ0) is 12.1. The molecule has 2 rings (SSSR count). The second kappa shape index (κ2) is 5.74. The molecular formula is C15H15ClO. The van der Waals surface area contributed by atoms with Crippen molar-refractivity contribution in [3.8, 4) is 5.75 Å². The van der Waals surface area contributed by atoms with Crippen molar-refractivity contribution >= 4 is 11.6 Å².